The number of benzene rings is 2. The zero-order valence-electron chi connectivity index (χ0n) is 21.9. The molecule has 2 aromatic carbocycles. The molecule has 0 amide bonds. The Balaban J connectivity index is 2.80. The van der Waals surface area contributed by atoms with Gasteiger partial charge in [0.2, 0.25) is 10.0 Å². The van der Waals surface area contributed by atoms with E-state index in [0.29, 0.717) is 0 Å². The van der Waals surface area contributed by atoms with Gasteiger partial charge in [0.05, 0.1) is 4.92 Å². The van der Waals surface area contributed by atoms with Gasteiger partial charge in [-0.25, -0.2) is 8.42 Å². The van der Waals surface area contributed by atoms with Crippen molar-refractivity contribution in [2.24, 2.45) is 0 Å². The topological polar surface area (TPSA) is 107 Å². The van der Waals surface area contributed by atoms with Gasteiger partial charge in [0.15, 0.2) is 4.90 Å². The molecule has 0 bridgehead atoms. The molecule has 1 unspecified atom stereocenters. The number of esters is 1. The predicted octanol–water partition coefficient (Wildman–Crippen LogP) is 6.03. The van der Waals surface area contributed by atoms with Gasteiger partial charge in [-0.05, 0) is 75.9 Å². The van der Waals surface area contributed by atoms with Gasteiger partial charge in [0.25, 0.3) is 5.69 Å². The van der Waals surface area contributed by atoms with Crippen LogP contribution in [0.3, 0.4) is 0 Å². The van der Waals surface area contributed by atoms with Gasteiger partial charge in [-0.15, -0.1) is 0 Å². The fourth-order valence-electron chi connectivity index (χ4n) is 4.14. The van der Waals surface area contributed by atoms with Crippen LogP contribution >= 0.6 is 11.6 Å². The number of allylic oxidation sites excluding steroid dienone is 1. The Morgan fingerprint density at radius 2 is 1.78 bits per heavy atom. The molecule has 2 atom stereocenters. The molecule has 2 aromatic rings. The lowest BCUT2D eigenvalue weighted by molar-refractivity contribution is -0.387. The largest absolute Gasteiger partial charge is 0.459 e. The molecule has 0 aliphatic rings. The number of aryl methyl sites for hydroxylation is 1. The summed E-state index contributed by atoms with van der Waals surface area (Å²) < 4.78 is 34.0. The summed E-state index contributed by atoms with van der Waals surface area (Å²) in [5.41, 5.74) is 2.57. The molecule has 0 saturated heterocycles. The van der Waals surface area contributed by atoms with Gasteiger partial charge in [-0.2, -0.15) is 4.31 Å². The van der Waals surface area contributed by atoms with Crippen molar-refractivity contribution in [2.75, 3.05) is 7.05 Å². The first-order valence-corrected chi connectivity index (χ1v) is 13.1. The number of halogens is 1. The minimum atomic E-state index is -4.53. The minimum absolute atomic E-state index is 0.0156. The van der Waals surface area contributed by atoms with Crippen LogP contribution in [0.2, 0.25) is 5.02 Å². The van der Waals surface area contributed by atoms with E-state index in [1.807, 2.05) is 32.9 Å². The van der Waals surface area contributed by atoms with E-state index in [1.165, 1.54) is 13.1 Å². The monoisotopic (exact) mass is 536 g/mol. The van der Waals surface area contributed by atoms with Crippen LogP contribution in [0.25, 0.3) is 5.57 Å². The Labute approximate surface area is 218 Å². The summed E-state index contributed by atoms with van der Waals surface area (Å²) in [6, 6.07) is 5.79. The fourth-order valence-corrected chi connectivity index (χ4v) is 5.82. The summed E-state index contributed by atoms with van der Waals surface area (Å²) in [6.45, 7) is 16.5. The maximum absolute atomic E-state index is 13.7. The Hall–Kier alpha value is -2.75. The zero-order chi connectivity index (χ0) is 27.7. The van der Waals surface area contributed by atoms with Crippen LogP contribution in [0.4, 0.5) is 5.69 Å². The number of ether oxygens (including phenoxy) is 1. The second-order valence-corrected chi connectivity index (χ2v) is 12.3. The Morgan fingerprint density at radius 1 is 1.19 bits per heavy atom. The Bertz CT molecular complexity index is 1310. The standard InChI is InChI=1S/C26H33ClN2O6S/c1-15(2)20-12-10-16(3)17(4)23(20)18(5)24(25(30)35-26(6,7)8)28(9)36(33,34)22-13-11-19(27)14-21(22)29(31)32/h10-14,18,24H,1H2,2-9H3/t18?,24-/m0/s1. The Morgan fingerprint density at radius 3 is 2.28 bits per heavy atom. The highest BCUT2D eigenvalue weighted by molar-refractivity contribution is 7.89. The molecule has 0 aliphatic carbocycles. The number of nitro groups is 1. The van der Waals surface area contributed by atoms with Crippen LogP contribution in [-0.4, -0.2) is 42.3 Å². The normalized spacial score (nSPS) is 13.8. The highest BCUT2D eigenvalue weighted by Crippen LogP contribution is 2.37. The van der Waals surface area contributed by atoms with Crippen LogP contribution in [0.1, 0.15) is 62.8 Å². The van der Waals surface area contributed by atoms with Gasteiger partial charge in [0, 0.05) is 24.1 Å². The third kappa shape index (κ3) is 6.14. The average molecular weight is 537 g/mol. The van der Waals surface area contributed by atoms with Crippen LogP contribution < -0.4 is 0 Å². The summed E-state index contributed by atoms with van der Waals surface area (Å²) in [6.07, 6.45) is 0. The van der Waals surface area contributed by atoms with Crippen molar-refractivity contribution in [2.45, 2.75) is 70.9 Å². The molecule has 0 spiro atoms. The lowest BCUT2D eigenvalue weighted by Gasteiger charge is -2.34. The fraction of sp³-hybridized carbons (Fsp3) is 0.423. The zero-order valence-corrected chi connectivity index (χ0v) is 23.5. The van der Waals surface area contributed by atoms with E-state index in [2.05, 4.69) is 6.58 Å². The first-order valence-electron chi connectivity index (χ1n) is 11.3. The molecule has 0 aliphatic heterocycles. The maximum Gasteiger partial charge on any atom is 0.325 e. The lowest BCUT2D eigenvalue weighted by atomic mass is 9.83. The highest BCUT2D eigenvalue weighted by atomic mass is 35.5. The van der Waals surface area contributed by atoms with Crippen molar-refractivity contribution in [3.63, 3.8) is 0 Å². The molecule has 0 aromatic heterocycles. The number of likely N-dealkylation sites (N-methyl/N-ethyl adjacent to an activating group) is 1. The van der Waals surface area contributed by atoms with Crippen molar-refractivity contribution < 1.29 is 22.9 Å². The Kier molecular flexibility index (Phi) is 8.76. The first-order chi connectivity index (χ1) is 16.4. The smallest absolute Gasteiger partial charge is 0.325 e. The number of carbonyl (C=O) groups is 1. The molecular weight excluding hydrogens is 504 g/mol. The number of rotatable bonds is 8. The molecule has 0 saturated carbocycles. The molecule has 0 N–H and O–H groups in total. The van der Waals surface area contributed by atoms with Crippen molar-refractivity contribution >= 4 is 38.9 Å². The average Bonchev–Trinajstić information content (AvgIpc) is 2.73. The van der Waals surface area contributed by atoms with Crippen molar-refractivity contribution in [3.8, 4) is 0 Å². The van der Waals surface area contributed by atoms with E-state index in [-0.39, 0.29) is 5.02 Å². The molecule has 10 heteroatoms. The number of nitro benzene ring substituents is 1. The second-order valence-electron chi connectivity index (χ2n) is 9.91. The minimum Gasteiger partial charge on any atom is -0.459 e. The van der Waals surface area contributed by atoms with E-state index in [1.54, 1.807) is 27.7 Å². The SMILES string of the molecule is C=C(C)c1ccc(C)c(C)c1C(C)[C@@H](C(=O)OC(C)(C)C)N(C)S(=O)(=O)c1ccc(Cl)cc1[N+](=O)[O-]. The lowest BCUT2D eigenvalue weighted by Crippen LogP contribution is -2.48. The van der Waals surface area contributed by atoms with Crippen LogP contribution in [0.15, 0.2) is 41.8 Å². The van der Waals surface area contributed by atoms with Gasteiger partial charge in [-0.1, -0.05) is 42.8 Å². The van der Waals surface area contributed by atoms with E-state index in [4.69, 9.17) is 16.3 Å². The van der Waals surface area contributed by atoms with Crippen molar-refractivity contribution in [1.82, 2.24) is 4.31 Å². The predicted molar refractivity (Wildman–Crippen MR) is 142 cm³/mol. The molecule has 2 rings (SSSR count). The van der Waals surface area contributed by atoms with Gasteiger partial charge < -0.3 is 4.74 Å². The number of carbonyl (C=O) groups excluding carboxylic acids is 1. The highest BCUT2D eigenvalue weighted by Gasteiger charge is 2.43. The third-order valence-corrected chi connectivity index (χ3v) is 8.11. The first kappa shape index (κ1) is 29.5. The molecule has 196 valence electrons. The second kappa shape index (κ2) is 10.7. The van der Waals surface area contributed by atoms with Crippen molar-refractivity contribution in [3.05, 3.63) is 74.3 Å². The summed E-state index contributed by atoms with van der Waals surface area (Å²) in [5.74, 6) is -1.45. The van der Waals surface area contributed by atoms with Crippen LogP contribution in [0, 0.1) is 24.0 Å². The molecule has 36 heavy (non-hydrogen) atoms. The van der Waals surface area contributed by atoms with E-state index in [9.17, 15) is 23.3 Å². The third-order valence-electron chi connectivity index (χ3n) is 5.99. The quantitative estimate of drug-likeness (QED) is 0.231. The molecule has 0 heterocycles. The van der Waals surface area contributed by atoms with Gasteiger partial charge in [-0.3, -0.25) is 14.9 Å². The van der Waals surface area contributed by atoms with Gasteiger partial charge >= 0.3 is 5.97 Å². The van der Waals surface area contributed by atoms with Crippen LogP contribution in [-0.2, 0) is 19.6 Å². The number of sulfonamides is 1. The van der Waals surface area contributed by atoms with Gasteiger partial charge in [0.1, 0.15) is 11.6 Å². The molecule has 8 nitrogen and oxygen atoms in total. The molecular formula is C26H33ClN2O6S. The molecule has 0 radical (unpaired) electrons. The van der Waals surface area contributed by atoms with E-state index < -0.39 is 49.1 Å². The number of hydrogen-bond donors (Lipinski definition) is 0. The summed E-state index contributed by atoms with van der Waals surface area (Å²) in [7, 11) is -3.30. The van der Waals surface area contributed by atoms with Crippen LogP contribution in [0.5, 0.6) is 0 Å². The summed E-state index contributed by atoms with van der Waals surface area (Å²) in [4.78, 5) is 23.8. The summed E-state index contributed by atoms with van der Waals surface area (Å²) >= 11 is 5.89. The number of nitrogens with zero attached hydrogens (tertiary/aromatic N) is 2. The number of hydrogen-bond acceptors (Lipinski definition) is 6. The van der Waals surface area contributed by atoms with E-state index in [0.717, 1.165) is 44.3 Å². The molecule has 0 fully saturated rings. The van der Waals surface area contributed by atoms with E-state index >= 15 is 0 Å². The maximum atomic E-state index is 13.7. The summed E-state index contributed by atoms with van der Waals surface area (Å²) in [5, 5.41) is 11.7. The van der Waals surface area contributed by atoms with Crippen molar-refractivity contribution in [1.29, 1.82) is 0 Å².